The van der Waals surface area contributed by atoms with Crippen molar-refractivity contribution in [3.63, 3.8) is 0 Å². The van der Waals surface area contributed by atoms with E-state index in [1.807, 2.05) is 37.3 Å². The summed E-state index contributed by atoms with van der Waals surface area (Å²) in [4.78, 5) is 38.8. The molecule has 2 aromatic carbocycles. The lowest BCUT2D eigenvalue weighted by Gasteiger charge is -2.62. The minimum absolute atomic E-state index is 0.0437. The van der Waals surface area contributed by atoms with Crippen LogP contribution < -0.4 is 0 Å². The Morgan fingerprint density at radius 2 is 1.81 bits per heavy atom. The molecule has 230 valence electrons. The molecule has 0 saturated heterocycles. The summed E-state index contributed by atoms with van der Waals surface area (Å²) in [6.45, 7) is 5.20. The van der Waals surface area contributed by atoms with Gasteiger partial charge in [-0.05, 0) is 91.7 Å². The van der Waals surface area contributed by atoms with Crippen LogP contribution in [0, 0.1) is 40.3 Å². The van der Waals surface area contributed by atoms with Crippen molar-refractivity contribution < 1.29 is 33.7 Å². The summed E-state index contributed by atoms with van der Waals surface area (Å²) in [7, 11) is 0. The number of Topliss-reactive ketones (excluding diaryl/α,β-unsaturated/α-hetero) is 2. The number of benzene rings is 2. The van der Waals surface area contributed by atoms with Crippen molar-refractivity contribution in [2.45, 2.75) is 89.8 Å². The third-order valence-corrected chi connectivity index (χ3v) is 12.3. The number of hydrogen-bond donors (Lipinski definition) is 2. The summed E-state index contributed by atoms with van der Waals surface area (Å²) in [6.07, 6.45) is 4.29. The fourth-order valence-electron chi connectivity index (χ4n) is 9.80. The van der Waals surface area contributed by atoms with Crippen molar-refractivity contribution in [1.29, 1.82) is 0 Å². The van der Waals surface area contributed by atoms with Crippen molar-refractivity contribution in [2.24, 2.45) is 34.5 Å². The van der Waals surface area contributed by atoms with E-state index in [4.69, 9.17) is 4.74 Å². The summed E-state index contributed by atoms with van der Waals surface area (Å²) in [5.41, 5.74) is -1.06. The van der Waals surface area contributed by atoms with Crippen LogP contribution in [0.3, 0.4) is 0 Å². The summed E-state index contributed by atoms with van der Waals surface area (Å²) >= 11 is 0. The predicted molar refractivity (Wildman–Crippen MR) is 159 cm³/mol. The third kappa shape index (κ3) is 4.78. The Balaban J connectivity index is 1.14. The maximum Gasteiger partial charge on any atom is 0.313 e. The van der Waals surface area contributed by atoms with Crippen LogP contribution in [0.5, 0.6) is 0 Å². The zero-order valence-electron chi connectivity index (χ0n) is 25.4. The van der Waals surface area contributed by atoms with E-state index in [0.717, 1.165) is 24.8 Å². The van der Waals surface area contributed by atoms with Gasteiger partial charge in [0.25, 0.3) is 0 Å². The molecular formula is C36H43FO6. The minimum atomic E-state index is -1.71. The van der Waals surface area contributed by atoms with Gasteiger partial charge < -0.3 is 14.9 Å². The average Bonchev–Trinajstić information content (AvgIpc) is 3.26. The van der Waals surface area contributed by atoms with Crippen LogP contribution in [0.15, 0.2) is 48.5 Å². The molecule has 4 aliphatic carbocycles. The first-order valence-electron chi connectivity index (χ1n) is 15.9. The first kappa shape index (κ1) is 30.1. The van der Waals surface area contributed by atoms with Gasteiger partial charge in [-0.3, -0.25) is 14.4 Å². The maximum atomic E-state index is 14.9. The van der Waals surface area contributed by atoms with Gasteiger partial charge in [-0.1, -0.05) is 56.3 Å². The average molecular weight is 591 g/mol. The highest BCUT2D eigenvalue weighted by atomic mass is 19.1. The lowest BCUT2D eigenvalue weighted by molar-refractivity contribution is -0.199. The lowest BCUT2D eigenvalue weighted by atomic mass is 9.43. The number of aliphatic hydroxyl groups is 2. The van der Waals surface area contributed by atoms with Gasteiger partial charge in [-0.25, -0.2) is 4.39 Å². The van der Waals surface area contributed by atoms with Crippen molar-refractivity contribution in [3.05, 3.63) is 59.9 Å². The van der Waals surface area contributed by atoms with Gasteiger partial charge in [0.1, 0.15) is 17.2 Å². The Morgan fingerprint density at radius 3 is 2.53 bits per heavy atom. The molecular weight excluding hydrogens is 547 g/mol. The second kappa shape index (κ2) is 10.9. The van der Waals surface area contributed by atoms with Crippen LogP contribution in [0.1, 0.15) is 83.6 Å². The number of carbonyl (C=O) groups excluding carboxylic acids is 3. The molecule has 0 radical (unpaired) electrons. The SMILES string of the molecule is CC(C(=O)OCC(=O)[C@@]1(O)CC[C@H]2[C@@H]3CC[C@@H]4CC(=O)CC[C@]4(C)[C@H]3[C@@H](O)C[C@@]21C)c1ccc(-c2ccccc2)c(F)c1. The fraction of sp³-hybridized carbons (Fsp3) is 0.583. The molecule has 2 N–H and O–H groups in total. The molecule has 4 aliphatic rings. The Labute approximate surface area is 253 Å². The molecule has 4 saturated carbocycles. The van der Waals surface area contributed by atoms with Gasteiger partial charge in [0, 0.05) is 23.8 Å². The van der Waals surface area contributed by atoms with Crippen LogP contribution >= 0.6 is 0 Å². The monoisotopic (exact) mass is 590 g/mol. The molecule has 0 amide bonds. The largest absolute Gasteiger partial charge is 0.457 e. The van der Waals surface area contributed by atoms with Gasteiger partial charge in [-0.15, -0.1) is 0 Å². The summed E-state index contributed by atoms with van der Waals surface area (Å²) < 4.78 is 20.4. The zero-order chi connectivity index (χ0) is 30.7. The molecule has 0 spiro atoms. The highest BCUT2D eigenvalue weighted by molar-refractivity contribution is 5.91. The van der Waals surface area contributed by atoms with Crippen molar-refractivity contribution in [2.75, 3.05) is 6.61 Å². The molecule has 0 bridgehead atoms. The van der Waals surface area contributed by atoms with Crippen molar-refractivity contribution in [1.82, 2.24) is 0 Å². The Morgan fingerprint density at radius 1 is 1.07 bits per heavy atom. The number of rotatable bonds is 6. The minimum Gasteiger partial charge on any atom is -0.457 e. The number of halogens is 1. The topological polar surface area (TPSA) is 101 Å². The van der Waals surface area contributed by atoms with E-state index in [0.29, 0.717) is 42.6 Å². The predicted octanol–water partition coefficient (Wildman–Crippen LogP) is 6.02. The van der Waals surface area contributed by atoms with Crippen LogP contribution in [0.4, 0.5) is 4.39 Å². The van der Waals surface area contributed by atoms with Gasteiger partial charge >= 0.3 is 5.97 Å². The summed E-state index contributed by atoms with van der Waals surface area (Å²) in [5, 5.41) is 23.6. The second-order valence-electron chi connectivity index (χ2n) is 14.3. The van der Waals surface area contributed by atoms with E-state index in [-0.39, 0.29) is 35.5 Å². The Kier molecular flexibility index (Phi) is 7.65. The van der Waals surface area contributed by atoms with Crippen molar-refractivity contribution >= 4 is 17.5 Å². The number of aliphatic hydroxyl groups excluding tert-OH is 1. The van der Waals surface area contributed by atoms with E-state index < -0.39 is 47.2 Å². The van der Waals surface area contributed by atoms with Crippen molar-refractivity contribution in [3.8, 4) is 11.1 Å². The molecule has 43 heavy (non-hydrogen) atoms. The van der Waals surface area contributed by atoms with Crippen LogP contribution in [0.25, 0.3) is 11.1 Å². The van der Waals surface area contributed by atoms with Gasteiger partial charge in [0.15, 0.2) is 6.61 Å². The molecule has 0 heterocycles. The van der Waals surface area contributed by atoms with Gasteiger partial charge in [0.2, 0.25) is 5.78 Å². The standard InChI is InChI=1S/C36H43FO6/c1-21(23-9-11-26(29(37)17-23)22-7-5-4-6-8-22)33(41)43-20-31(40)36(42)16-14-28-27-12-10-24-18-25(38)13-15-34(24,2)32(27)30(39)19-35(28,36)3/h4-9,11,17,21,24,27-28,30,32,39,42H,10,12-16,18-20H2,1-3H3/t21?,24-,27+,28+,30+,32-,34+,35+,36+/m1/s1. The second-order valence-corrected chi connectivity index (χ2v) is 14.3. The first-order valence-corrected chi connectivity index (χ1v) is 15.9. The van der Waals surface area contributed by atoms with E-state index in [1.54, 1.807) is 19.1 Å². The molecule has 2 aromatic rings. The zero-order valence-corrected chi connectivity index (χ0v) is 25.4. The quantitative estimate of drug-likeness (QED) is 0.399. The number of ketones is 2. The lowest BCUT2D eigenvalue weighted by Crippen LogP contribution is -2.63. The molecule has 1 unspecified atom stereocenters. The first-order chi connectivity index (χ1) is 20.4. The number of hydrogen-bond acceptors (Lipinski definition) is 6. The van der Waals surface area contributed by atoms with Gasteiger partial charge in [0.05, 0.1) is 12.0 Å². The number of ether oxygens (including phenoxy) is 1. The van der Waals surface area contributed by atoms with E-state index in [2.05, 4.69) is 6.92 Å². The Bertz CT molecular complexity index is 1420. The van der Waals surface area contributed by atoms with Crippen LogP contribution in [-0.4, -0.2) is 46.1 Å². The molecule has 0 aliphatic heterocycles. The van der Waals surface area contributed by atoms with E-state index >= 15 is 0 Å². The molecule has 9 atom stereocenters. The summed E-state index contributed by atoms with van der Waals surface area (Å²) in [5.74, 6) is -1.59. The Hall–Kier alpha value is -2.90. The molecule has 6 nitrogen and oxygen atoms in total. The number of esters is 1. The fourth-order valence-corrected chi connectivity index (χ4v) is 9.80. The number of carbonyl (C=O) groups is 3. The molecule has 6 rings (SSSR count). The van der Waals surface area contributed by atoms with E-state index in [1.165, 1.54) is 6.07 Å². The van der Waals surface area contributed by atoms with Gasteiger partial charge in [-0.2, -0.15) is 0 Å². The normalized spacial score (nSPS) is 37.5. The maximum absolute atomic E-state index is 14.9. The van der Waals surface area contributed by atoms with E-state index in [9.17, 15) is 29.0 Å². The third-order valence-electron chi connectivity index (χ3n) is 12.3. The van der Waals surface area contributed by atoms with Crippen LogP contribution in [-0.2, 0) is 19.1 Å². The van der Waals surface area contributed by atoms with Crippen LogP contribution in [0.2, 0.25) is 0 Å². The molecule has 0 aromatic heterocycles. The molecule has 7 heteroatoms. The molecule has 4 fully saturated rings. The number of fused-ring (bicyclic) bond motifs is 5. The highest BCUT2D eigenvalue weighted by Crippen LogP contribution is 2.68. The highest BCUT2D eigenvalue weighted by Gasteiger charge is 2.68. The smallest absolute Gasteiger partial charge is 0.313 e. The summed E-state index contributed by atoms with van der Waals surface area (Å²) in [6, 6.07) is 13.8.